The molecule has 1 atom stereocenters. The first kappa shape index (κ1) is 21.5. The second-order valence-electron chi connectivity index (χ2n) is 8.03. The van der Waals surface area contributed by atoms with Crippen molar-refractivity contribution in [3.63, 3.8) is 0 Å². The van der Waals surface area contributed by atoms with Gasteiger partial charge in [-0.3, -0.25) is 9.59 Å². The van der Waals surface area contributed by atoms with E-state index in [2.05, 4.69) is 20.3 Å². The molecule has 9 heteroatoms. The van der Waals surface area contributed by atoms with Gasteiger partial charge in [0.2, 0.25) is 23.7 Å². The minimum Gasteiger partial charge on any atom is -0.348 e. The van der Waals surface area contributed by atoms with Crippen LogP contribution in [0, 0.1) is 19.8 Å². The number of anilines is 3. The summed E-state index contributed by atoms with van der Waals surface area (Å²) >= 11 is 0. The molecule has 2 amide bonds. The van der Waals surface area contributed by atoms with Gasteiger partial charge in [-0.05, 0) is 37.1 Å². The van der Waals surface area contributed by atoms with Crippen LogP contribution in [0.25, 0.3) is 0 Å². The maximum absolute atomic E-state index is 12.7. The summed E-state index contributed by atoms with van der Waals surface area (Å²) in [5, 5.41) is 2.88. The van der Waals surface area contributed by atoms with Gasteiger partial charge >= 0.3 is 0 Å². The van der Waals surface area contributed by atoms with E-state index in [0.717, 1.165) is 11.3 Å². The zero-order chi connectivity index (χ0) is 22.0. The molecular weight excluding hydrogens is 382 g/mol. The highest BCUT2D eigenvalue weighted by atomic mass is 16.2. The summed E-state index contributed by atoms with van der Waals surface area (Å²) in [6.45, 7) is 4.60. The van der Waals surface area contributed by atoms with Crippen LogP contribution in [0.3, 0.4) is 0 Å². The normalized spacial score (nSPS) is 16.0. The van der Waals surface area contributed by atoms with Crippen LogP contribution in [0.5, 0.6) is 0 Å². The summed E-state index contributed by atoms with van der Waals surface area (Å²) in [4.78, 5) is 43.6. The molecule has 2 aromatic rings. The van der Waals surface area contributed by atoms with E-state index < -0.39 is 5.92 Å². The van der Waals surface area contributed by atoms with Gasteiger partial charge in [-0.2, -0.15) is 15.0 Å². The van der Waals surface area contributed by atoms with E-state index in [0.29, 0.717) is 24.3 Å². The van der Waals surface area contributed by atoms with Crippen molar-refractivity contribution in [3.05, 3.63) is 35.2 Å². The van der Waals surface area contributed by atoms with Crippen LogP contribution in [0.15, 0.2) is 18.2 Å². The molecule has 9 nitrogen and oxygen atoms in total. The number of hydrogen-bond donors (Lipinski definition) is 1. The van der Waals surface area contributed by atoms with Crippen molar-refractivity contribution < 1.29 is 9.59 Å². The summed E-state index contributed by atoms with van der Waals surface area (Å²) in [5.41, 5.74) is 3.13. The number of carbonyl (C=O) groups excluding carboxylic acids is 2. The van der Waals surface area contributed by atoms with Crippen LogP contribution in [0.4, 0.5) is 17.6 Å². The van der Waals surface area contributed by atoms with Crippen molar-refractivity contribution >= 4 is 29.4 Å². The van der Waals surface area contributed by atoms with E-state index in [4.69, 9.17) is 0 Å². The fraction of sp³-hybridized carbons (Fsp3) is 0.476. The number of hydrogen-bond acceptors (Lipinski definition) is 7. The fourth-order valence-electron chi connectivity index (χ4n) is 3.21. The Labute approximate surface area is 177 Å². The Morgan fingerprint density at radius 1 is 1.07 bits per heavy atom. The third kappa shape index (κ3) is 4.67. The molecule has 2 heterocycles. The Kier molecular flexibility index (Phi) is 6.19. The predicted molar refractivity (Wildman–Crippen MR) is 117 cm³/mol. The standard InChI is InChI=1S/C21H29N7O2/c1-13-7-8-16(9-14(13)2)28-12-15(10-18(28)29)19(30)22-11-17-23-20(26(3)4)25-21(24-17)27(5)6/h7-9,15H,10-12H2,1-6H3,(H,22,30). The number of rotatable bonds is 6. The molecule has 1 unspecified atom stereocenters. The lowest BCUT2D eigenvalue weighted by Gasteiger charge is -2.18. The molecule has 1 aliphatic rings. The Balaban J connectivity index is 1.67. The topological polar surface area (TPSA) is 94.6 Å². The van der Waals surface area contributed by atoms with E-state index in [9.17, 15) is 9.59 Å². The largest absolute Gasteiger partial charge is 0.348 e. The van der Waals surface area contributed by atoms with Crippen LogP contribution in [0.1, 0.15) is 23.4 Å². The van der Waals surface area contributed by atoms with Crippen molar-refractivity contribution in [1.29, 1.82) is 0 Å². The van der Waals surface area contributed by atoms with Crippen LogP contribution in [-0.2, 0) is 16.1 Å². The van der Waals surface area contributed by atoms with Gasteiger partial charge in [0.1, 0.15) is 0 Å². The van der Waals surface area contributed by atoms with E-state index >= 15 is 0 Å². The Morgan fingerprint density at radius 2 is 1.70 bits per heavy atom. The number of benzene rings is 1. The molecule has 0 spiro atoms. The third-order valence-corrected chi connectivity index (χ3v) is 5.18. The number of aromatic nitrogens is 3. The van der Waals surface area contributed by atoms with Gasteiger partial charge in [0.05, 0.1) is 12.5 Å². The maximum Gasteiger partial charge on any atom is 0.229 e. The van der Waals surface area contributed by atoms with Gasteiger partial charge in [0.15, 0.2) is 5.82 Å². The molecule has 0 saturated carbocycles. The molecule has 1 fully saturated rings. The SMILES string of the molecule is Cc1ccc(N2CC(C(=O)NCc3nc(N(C)C)nc(N(C)C)n3)CC2=O)cc1C. The molecule has 0 aliphatic carbocycles. The van der Waals surface area contributed by atoms with E-state index in [1.165, 1.54) is 5.56 Å². The van der Waals surface area contributed by atoms with Crippen molar-refractivity contribution in [3.8, 4) is 0 Å². The molecule has 1 N–H and O–H groups in total. The van der Waals surface area contributed by atoms with Gasteiger partial charge < -0.3 is 20.0 Å². The third-order valence-electron chi connectivity index (χ3n) is 5.18. The Hall–Kier alpha value is -3.23. The monoisotopic (exact) mass is 411 g/mol. The van der Waals surface area contributed by atoms with E-state index in [1.807, 2.05) is 60.2 Å². The van der Waals surface area contributed by atoms with Crippen molar-refractivity contribution in [2.24, 2.45) is 5.92 Å². The molecule has 1 saturated heterocycles. The van der Waals surface area contributed by atoms with Gasteiger partial charge in [0.25, 0.3) is 0 Å². The Morgan fingerprint density at radius 3 is 2.27 bits per heavy atom. The lowest BCUT2D eigenvalue weighted by Crippen LogP contribution is -2.33. The summed E-state index contributed by atoms with van der Waals surface area (Å²) in [7, 11) is 7.40. The first-order valence-corrected chi connectivity index (χ1v) is 9.90. The summed E-state index contributed by atoms with van der Waals surface area (Å²) < 4.78 is 0. The highest BCUT2D eigenvalue weighted by Gasteiger charge is 2.35. The van der Waals surface area contributed by atoms with Crippen molar-refractivity contribution in [2.75, 3.05) is 49.4 Å². The lowest BCUT2D eigenvalue weighted by atomic mass is 10.1. The molecule has 1 aromatic heterocycles. The van der Waals surface area contributed by atoms with Crippen LogP contribution < -0.4 is 20.0 Å². The van der Waals surface area contributed by atoms with Gasteiger partial charge in [0, 0.05) is 46.8 Å². The average molecular weight is 412 g/mol. The number of nitrogens with one attached hydrogen (secondary N) is 1. The average Bonchev–Trinajstić information content (AvgIpc) is 3.09. The van der Waals surface area contributed by atoms with Crippen LogP contribution >= 0.6 is 0 Å². The smallest absolute Gasteiger partial charge is 0.229 e. The number of amides is 2. The van der Waals surface area contributed by atoms with Gasteiger partial charge in [-0.25, -0.2) is 0 Å². The second-order valence-corrected chi connectivity index (χ2v) is 8.03. The Bertz CT molecular complexity index is 932. The summed E-state index contributed by atoms with van der Waals surface area (Å²) in [5.74, 6) is 0.907. The summed E-state index contributed by atoms with van der Waals surface area (Å²) in [6, 6.07) is 5.91. The quantitative estimate of drug-likeness (QED) is 0.765. The first-order valence-electron chi connectivity index (χ1n) is 9.90. The predicted octanol–water partition coefficient (Wildman–Crippen LogP) is 1.29. The molecule has 0 bridgehead atoms. The highest BCUT2D eigenvalue weighted by molar-refractivity contribution is 6.00. The molecule has 1 aromatic carbocycles. The number of aryl methyl sites for hydroxylation is 2. The summed E-state index contributed by atoms with van der Waals surface area (Å²) in [6.07, 6.45) is 0.196. The van der Waals surface area contributed by atoms with Gasteiger partial charge in [-0.1, -0.05) is 6.07 Å². The molecular formula is C21H29N7O2. The van der Waals surface area contributed by atoms with Crippen molar-refractivity contribution in [2.45, 2.75) is 26.8 Å². The molecule has 160 valence electrons. The lowest BCUT2D eigenvalue weighted by molar-refractivity contribution is -0.126. The molecule has 0 radical (unpaired) electrons. The molecule has 1 aliphatic heterocycles. The van der Waals surface area contributed by atoms with E-state index in [-0.39, 0.29) is 24.8 Å². The minimum atomic E-state index is -0.400. The molecule has 3 rings (SSSR count). The zero-order valence-corrected chi connectivity index (χ0v) is 18.4. The van der Waals surface area contributed by atoms with Crippen LogP contribution in [-0.4, -0.2) is 61.5 Å². The van der Waals surface area contributed by atoms with E-state index in [1.54, 1.807) is 14.7 Å². The zero-order valence-electron chi connectivity index (χ0n) is 18.4. The highest BCUT2D eigenvalue weighted by Crippen LogP contribution is 2.27. The fourth-order valence-corrected chi connectivity index (χ4v) is 3.21. The molecule has 30 heavy (non-hydrogen) atoms. The minimum absolute atomic E-state index is 0.0386. The first-order chi connectivity index (χ1) is 14.2. The number of carbonyl (C=O) groups is 2. The maximum atomic E-state index is 12.7. The van der Waals surface area contributed by atoms with Gasteiger partial charge in [-0.15, -0.1) is 0 Å². The van der Waals surface area contributed by atoms with Crippen LogP contribution in [0.2, 0.25) is 0 Å². The second kappa shape index (κ2) is 8.64. The van der Waals surface area contributed by atoms with Crippen molar-refractivity contribution in [1.82, 2.24) is 20.3 Å². The number of nitrogens with zero attached hydrogens (tertiary/aromatic N) is 6.